The Bertz CT molecular complexity index is 788. The fourth-order valence-electron chi connectivity index (χ4n) is 3.84. The van der Waals surface area contributed by atoms with Gasteiger partial charge in [0.25, 0.3) is 5.91 Å². The molecule has 1 amide bonds. The number of nitrogens with one attached hydrogen (secondary N) is 2. The van der Waals surface area contributed by atoms with Gasteiger partial charge in [0.05, 0.1) is 11.4 Å². The highest BCUT2D eigenvalue weighted by Gasteiger charge is 2.34. The van der Waals surface area contributed by atoms with Crippen molar-refractivity contribution in [2.24, 2.45) is 13.0 Å². The number of amides is 1. The van der Waals surface area contributed by atoms with Crippen molar-refractivity contribution in [2.45, 2.75) is 39.2 Å². The summed E-state index contributed by atoms with van der Waals surface area (Å²) in [5.74, 6) is 0.484. The van der Waals surface area contributed by atoms with E-state index in [9.17, 15) is 4.79 Å². The summed E-state index contributed by atoms with van der Waals surface area (Å²) < 4.78 is 1.84. The molecule has 2 aromatic heterocycles. The molecule has 1 aliphatic heterocycles. The van der Waals surface area contributed by atoms with Crippen molar-refractivity contribution >= 4 is 5.91 Å². The lowest BCUT2D eigenvalue weighted by Crippen LogP contribution is -2.31. The Morgan fingerprint density at radius 2 is 2.16 bits per heavy atom. The van der Waals surface area contributed by atoms with Crippen molar-refractivity contribution in [1.82, 2.24) is 30.2 Å². The Kier molecular flexibility index (Phi) is 4.11. The molecule has 0 bridgehead atoms. The molecule has 2 aliphatic rings. The van der Waals surface area contributed by atoms with E-state index in [1.165, 1.54) is 25.8 Å². The van der Waals surface area contributed by atoms with Crippen molar-refractivity contribution in [1.29, 1.82) is 0 Å². The Morgan fingerprint density at radius 3 is 2.84 bits per heavy atom. The minimum absolute atomic E-state index is 0.0807. The third-order valence-electron chi connectivity index (χ3n) is 5.52. The van der Waals surface area contributed by atoms with Crippen molar-refractivity contribution in [2.75, 3.05) is 19.6 Å². The van der Waals surface area contributed by atoms with Gasteiger partial charge in [-0.25, -0.2) is 0 Å². The van der Waals surface area contributed by atoms with Gasteiger partial charge in [0.1, 0.15) is 5.69 Å². The van der Waals surface area contributed by atoms with Gasteiger partial charge in [-0.2, -0.15) is 10.2 Å². The van der Waals surface area contributed by atoms with Gasteiger partial charge in [0.2, 0.25) is 0 Å². The summed E-state index contributed by atoms with van der Waals surface area (Å²) in [7, 11) is 1.92. The van der Waals surface area contributed by atoms with Crippen LogP contribution in [0.25, 0.3) is 11.3 Å². The van der Waals surface area contributed by atoms with E-state index in [1.54, 1.807) is 0 Å². The van der Waals surface area contributed by atoms with Gasteiger partial charge in [-0.15, -0.1) is 0 Å². The number of carbonyl (C=O) groups is 1. The molecule has 25 heavy (non-hydrogen) atoms. The van der Waals surface area contributed by atoms with Crippen LogP contribution in [0.5, 0.6) is 0 Å². The van der Waals surface area contributed by atoms with Gasteiger partial charge in [-0.3, -0.25) is 14.6 Å². The second kappa shape index (κ2) is 6.29. The van der Waals surface area contributed by atoms with Gasteiger partial charge in [0.15, 0.2) is 0 Å². The molecule has 4 rings (SSSR count). The summed E-state index contributed by atoms with van der Waals surface area (Å²) in [5.41, 5.74) is 4.24. The number of hydrogen-bond acceptors (Lipinski definition) is 4. The van der Waals surface area contributed by atoms with Crippen LogP contribution in [0.3, 0.4) is 0 Å². The zero-order valence-electron chi connectivity index (χ0n) is 15.2. The molecular weight excluding hydrogens is 316 g/mol. The van der Waals surface area contributed by atoms with E-state index < -0.39 is 0 Å². The van der Waals surface area contributed by atoms with Crippen LogP contribution < -0.4 is 5.32 Å². The van der Waals surface area contributed by atoms with E-state index in [0.717, 1.165) is 41.8 Å². The molecule has 134 valence electrons. The van der Waals surface area contributed by atoms with Crippen molar-refractivity contribution in [3.05, 3.63) is 23.1 Å². The lowest BCUT2D eigenvalue weighted by molar-refractivity contribution is 0.0942. The maximum absolute atomic E-state index is 12.4. The Morgan fingerprint density at radius 1 is 1.36 bits per heavy atom. The minimum atomic E-state index is -0.0807. The van der Waals surface area contributed by atoms with Crippen LogP contribution >= 0.6 is 0 Å². The van der Waals surface area contributed by atoms with Crippen molar-refractivity contribution in [3.63, 3.8) is 0 Å². The van der Waals surface area contributed by atoms with Gasteiger partial charge in [-0.05, 0) is 51.6 Å². The number of rotatable bonds is 5. The smallest absolute Gasteiger partial charge is 0.269 e. The molecule has 1 atom stereocenters. The molecule has 2 N–H and O–H groups in total. The van der Waals surface area contributed by atoms with E-state index in [2.05, 4.69) is 25.5 Å². The first-order chi connectivity index (χ1) is 12.0. The summed E-state index contributed by atoms with van der Waals surface area (Å²) in [6.07, 6.45) is 3.88. The molecule has 2 fully saturated rings. The quantitative estimate of drug-likeness (QED) is 0.866. The Balaban J connectivity index is 1.37. The van der Waals surface area contributed by atoms with Crippen molar-refractivity contribution in [3.8, 4) is 11.3 Å². The molecule has 1 unspecified atom stereocenters. The average molecular weight is 342 g/mol. The molecule has 1 aliphatic carbocycles. The fourth-order valence-corrected chi connectivity index (χ4v) is 3.84. The third kappa shape index (κ3) is 3.20. The number of aryl methyl sites for hydroxylation is 2. The predicted octanol–water partition coefficient (Wildman–Crippen LogP) is 1.64. The molecule has 2 aromatic rings. The standard InChI is InChI=1S/C18H26N6O/c1-11-17(12(2)23(3)22-11)15-8-16(21-20-15)18(25)19-9-13-6-7-24(10-13)14-4-5-14/h8,13-14H,4-7,9-10H2,1-3H3,(H,19,25)(H,20,21). The van der Waals surface area contributed by atoms with Crippen LogP contribution in [-0.2, 0) is 7.05 Å². The zero-order chi connectivity index (χ0) is 17.6. The summed E-state index contributed by atoms with van der Waals surface area (Å²) in [4.78, 5) is 15.0. The van der Waals surface area contributed by atoms with Crippen LogP contribution in [0.2, 0.25) is 0 Å². The number of likely N-dealkylation sites (tertiary alicyclic amines) is 1. The highest BCUT2D eigenvalue weighted by molar-refractivity contribution is 5.93. The molecule has 1 saturated carbocycles. The SMILES string of the molecule is Cc1nn(C)c(C)c1-c1cc(C(=O)NCC2CCN(C3CC3)C2)[nH]n1. The zero-order valence-corrected chi connectivity index (χ0v) is 15.2. The Hall–Kier alpha value is -2.15. The molecule has 0 aromatic carbocycles. The van der Waals surface area contributed by atoms with Crippen LogP contribution in [0, 0.1) is 19.8 Å². The summed E-state index contributed by atoms with van der Waals surface area (Å²) in [6, 6.07) is 2.64. The minimum Gasteiger partial charge on any atom is -0.350 e. The van der Waals surface area contributed by atoms with Gasteiger partial charge < -0.3 is 10.2 Å². The maximum atomic E-state index is 12.4. The molecule has 7 heteroatoms. The van der Waals surface area contributed by atoms with E-state index >= 15 is 0 Å². The Labute approximate surface area is 147 Å². The predicted molar refractivity (Wildman–Crippen MR) is 95.3 cm³/mol. The number of H-pyrrole nitrogens is 1. The maximum Gasteiger partial charge on any atom is 0.269 e. The van der Waals surface area contributed by atoms with Crippen LogP contribution in [-0.4, -0.2) is 56.5 Å². The number of aromatic amines is 1. The fraction of sp³-hybridized carbons (Fsp3) is 0.611. The summed E-state index contributed by atoms with van der Waals surface area (Å²) >= 11 is 0. The topological polar surface area (TPSA) is 78.8 Å². The first-order valence-corrected chi connectivity index (χ1v) is 9.11. The first-order valence-electron chi connectivity index (χ1n) is 9.11. The monoisotopic (exact) mass is 342 g/mol. The first kappa shape index (κ1) is 16.3. The van der Waals surface area contributed by atoms with Gasteiger partial charge >= 0.3 is 0 Å². The van der Waals surface area contributed by atoms with E-state index in [4.69, 9.17) is 0 Å². The van der Waals surface area contributed by atoms with Gasteiger partial charge in [-0.1, -0.05) is 0 Å². The largest absolute Gasteiger partial charge is 0.350 e. The van der Waals surface area contributed by atoms with E-state index in [0.29, 0.717) is 11.6 Å². The molecular formula is C18H26N6O. The average Bonchev–Trinajstić information content (AvgIpc) is 3.03. The number of nitrogens with zero attached hydrogens (tertiary/aromatic N) is 4. The second-order valence-electron chi connectivity index (χ2n) is 7.43. The highest BCUT2D eigenvalue weighted by atomic mass is 16.1. The van der Waals surface area contributed by atoms with Crippen LogP contribution in [0.1, 0.15) is 41.1 Å². The normalized spacial score (nSPS) is 21.0. The van der Waals surface area contributed by atoms with Gasteiger partial charge in [0, 0.05) is 37.4 Å². The molecule has 3 heterocycles. The molecule has 0 spiro atoms. The third-order valence-corrected chi connectivity index (χ3v) is 5.52. The molecule has 0 radical (unpaired) electrons. The molecule has 1 saturated heterocycles. The summed E-state index contributed by atoms with van der Waals surface area (Å²) in [6.45, 7) is 7.01. The second-order valence-corrected chi connectivity index (χ2v) is 7.43. The summed E-state index contributed by atoms with van der Waals surface area (Å²) in [5, 5.41) is 14.7. The lowest BCUT2D eigenvalue weighted by Gasteiger charge is -2.14. The van der Waals surface area contributed by atoms with Crippen LogP contribution in [0.15, 0.2) is 6.07 Å². The number of hydrogen-bond donors (Lipinski definition) is 2. The van der Waals surface area contributed by atoms with Crippen molar-refractivity contribution < 1.29 is 4.79 Å². The van der Waals surface area contributed by atoms with Crippen LogP contribution in [0.4, 0.5) is 0 Å². The highest BCUT2D eigenvalue weighted by Crippen LogP contribution is 2.31. The number of carbonyl (C=O) groups excluding carboxylic acids is 1. The lowest BCUT2D eigenvalue weighted by atomic mass is 10.1. The van der Waals surface area contributed by atoms with E-state index in [-0.39, 0.29) is 5.91 Å². The molecule has 7 nitrogen and oxygen atoms in total. The van der Waals surface area contributed by atoms with E-state index in [1.807, 2.05) is 31.6 Å². The number of aromatic nitrogens is 4.